The standard InChI is InChI=1S/C14H18N6O6S/c1-7-6-9(25-4)16-13(15-7)17-14(22)19-27(23,24)11-10(12(21)26-5)8(2)18-20(11)3/h6H,1-5H3,(H2,15,16,17,19,22). The lowest BCUT2D eigenvalue weighted by atomic mass is 10.3. The van der Waals surface area contributed by atoms with Gasteiger partial charge in [0.25, 0.3) is 10.0 Å². The normalized spacial score (nSPS) is 11.0. The lowest BCUT2D eigenvalue weighted by Crippen LogP contribution is -2.36. The molecule has 0 fully saturated rings. The Morgan fingerprint density at radius 3 is 2.44 bits per heavy atom. The number of hydrogen-bond donors (Lipinski definition) is 2. The number of aryl methyl sites for hydroxylation is 3. The number of rotatable bonds is 5. The van der Waals surface area contributed by atoms with Gasteiger partial charge in [0.1, 0.15) is 5.56 Å². The minimum atomic E-state index is -4.45. The van der Waals surface area contributed by atoms with Crippen LogP contribution in [0, 0.1) is 13.8 Å². The number of aromatic nitrogens is 4. The minimum absolute atomic E-state index is 0.136. The lowest BCUT2D eigenvalue weighted by molar-refractivity contribution is 0.0595. The van der Waals surface area contributed by atoms with Gasteiger partial charge in [-0.2, -0.15) is 18.5 Å². The highest BCUT2D eigenvalue weighted by Crippen LogP contribution is 2.19. The van der Waals surface area contributed by atoms with Gasteiger partial charge in [-0.15, -0.1) is 0 Å². The predicted molar refractivity (Wildman–Crippen MR) is 91.9 cm³/mol. The Morgan fingerprint density at radius 1 is 1.19 bits per heavy atom. The van der Waals surface area contributed by atoms with Gasteiger partial charge in [0, 0.05) is 18.8 Å². The Hall–Kier alpha value is -3.22. The lowest BCUT2D eigenvalue weighted by Gasteiger charge is -2.10. The molecule has 2 rings (SSSR count). The second kappa shape index (κ2) is 7.57. The maximum absolute atomic E-state index is 12.6. The number of carbonyl (C=O) groups excluding carboxylic acids is 2. The highest BCUT2D eigenvalue weighted by atomic mass is 32.2. The molecule has 0 saturated heterocycles. The molecule has 0 radical (unpaired) electrons. The van der Waals surface area contributed by atoms with Crippen LogP contribution in [0.1, 0.15) is 21.7 Å². The molecule has 2 aromatic heterocycles. The monoisotopic (exact) mass is 398 g/mol. The third kappa shape index (κ3) is 4.31. The number of urea groups is 1. The SMILES string of the molecule is COC(=O)c1c(C)nn(C)c1S(=O)(=O)NC(=O)Nc1nc(C)cc(OC)n1. The largest absolute Gasteiger partial charge is 0.481 e. The van der Waals surface area contributed by atoms with Crippen LogP contribution in [0.3, 0.4) is 0 Å². The van der Waals surface area contributed by atoms with E-state index in [2.05, 4.69) is 25.1 Å². The number of nitrogens with one attached hydrogen (secondary N) is 2. The Balaban J connectivity index is 2.31. The smallest absolute Gasteiger partial charge is 0.342 e. The first-order valence-electron chi connectivity index (χ1n) is 7.44. The molecule has 146 valence electrons. The second-order valence-electron chi connectivity index (χ2n) is 5.32. The molecule has 0 aliphatic rings. The van der Waals surface area contributed by atoms with Crippen molar-refractivity contribution in [2.45, 2.75) is 18.9 Å². The summed E-state index contributed by atoms with van der Waals surface area (Å²) in [6.07, 6.45) is 0. The van der Waals surface area contributed by atoms with Gasteiger partial charge < -0.3 is 9.47 Å². The summed E-state index contributed by atoms with van der Waals surface area (Å²) in [5.41, 5.74) is 0.362. The van der Waals surface area contributed by atoms with Gasteiger partial charge in [0.05, 0.1) is 19.9 Å². The Kier molecular flexibility index (Phi) is 5.64. The van der Waals surface area contributed by atoms with E-state index in [9.17, 15) is 18.0 Å². The van der Waals surface area contributed by atoms with E-state index >= 15 is 0 Å². The molecule has 0 atom stereocenters. The highest BCUT2D eigenvalue weighted by Gasteiger charge is 2.32. The highest BCUT2D eigenvalue weighted by molar-refractivity contribution is 7.90. The van der Waals surface area contributed by atoms with E-state index in [0.717, 1.165) is 11.8 Å². The Morgan fingerprint density at radius 2 is 1.85 bits per heavy atom. The number of ether oxygens (including phenoxy) is 2. The predicted octanol–water partition coefficient (Wildman–Crippen LogP) is 0.133. The van der Waals surface area contributed by atoms with Gasteiger partial charge >= 0.3 is 12.0 Å². The van der Waals surface area contributed by atoms with E-state index < -0.39 is 27.0 Å². The van der Waals surface area contributed by atoms with Crippen LogP contribution < -0.4 is 14.8 Å². The number of hydrogen-bond acceptors (Lipinski definition) is 9. The number of sulfonamides is 1. The van der Waals surface area contributed by atoms with Gasteiger partial charge in [0.15, 0.2) is 5.03 Å². The number of esters is 1. The fraction of sp³-hybridized carbons (Fsp3) is 0.357. The molecule has 0 aliphatic heterocycles. The van der Waals surface area contributed by atoms with Crippen molar-refractivity contribution in [2.24, 2.45) is 7.05 Å². The Labute approximate surface area is 155 Å². The fourth-order valence-corrected chi connectivity index (χ4v) is 3.56. The van der Waals surface area contributed by atoms with Gasteiger partial charge in [-0.1, -0.05) is 0 Å². The third-order valence-corrected chi connectivity index (χ3v) is 4.74. The zero-order valence-corrected chi connectivity index (χ0v) is 16.0. The summed E-state index contributed by atoms with van der Waals surface area (Å²) in [6, 6.07) is 0.401. The molecule has 12 nitrogen and oxygen atoms in total. The summed E-state index contributed by atoms with van der Waals surface area (Å²) in [4.78, 5) is 31.9. The zero-order valence-electron chi connectivity index (χ0n) is 15.2. The number of carbonyl (C=O) groups is 2. The van der Waals surface area contributed by atoms with E-state index in [1.807, 2.05) is 0 Å². The van der Waals surface area contributed by atoms with Crippen molar-refractivity contribution >= 4 is 28.0 Å². The molecule has 0 aliphatic carbocycles. The molecule has 0 unspecified atom stereocenters. The van der Waals surface area contributed by atoms with E-state index in [1.54, 1.807) is 11.6 Å². The molecule has 27 heavy (non-hydrogen) atoms. The maximum atomic E-state index is 12.6. The van der Waals surface area contributed by atoms with Crippen LogP contribution in [0.4, 0.5) is 10.7 Å². The van der Waals surface area contributed by atoms with E-state index in [1.165, 1.54) is 27.1 Å². The molecule has 2 aromatic rings. The zero-order chi connectivity index (χ0) is 20.4. The van der Waals surface area contributed by atoms with Crippen molar-refractivity contribution in [3.05, 3.63) is 23.0 Å². The van der Waals surface area contributed by atoms with Crippen molar-refractivity contribution in [3.8, 4) is 5.88 Å². The van der Waals surface area contributed by atoms with Crippen molar-refractivity contribution in [1.82, 2.24) is 24.5 Å². The first-order valence-corrected chi connectivity index (χ1v) is 8.92. The van der Waals surface area contributed by atoms with E-state index in [4.69, 9.17) is 4.74 Å². The average molecular weight is 398 g/mol. The van der Waals surface area contributed by atoms with Crippen molar-refractivity contribution in [3.63, 3.8) is 0 Å². The van der Waals surface area contributed by atoms with E-state index in [-0.39, 0.29) is 23.1 Å². The van der Waals surface area contributed by atoms with Gasteiger partial charge in [-0.3, -0.25) is 10.00 Å². The molecule has 0 bridgehead atoms. The van der Waals surface area contributed by atoms with Crippen molar-refractivity contribution in [2.75, 3.05) is 19.5 Å². The van der Waals surface area contributed by atoms with Gasteiger partial charge in [-0.25, -0.2) is 19.3 Å². The summed E-state index contributed by atoms with van der Waals surface area (Å²) in [5, 5.41) is 5.58. The minimum Gasteiger partial charge on any atom is -0.481 e. The van der Waals surface area contributed by atoms with Crippen LogP contribution in [0.2, 0.25) is 0 Å². The number of methoxy groups -OCH3 is 2. The molecular weight excluding hydrogens is 380 g/mol. The van der Waals surface area contributed by atoms with Gasteiger partial charge in [-0.05, 0) is 13.8 Å². The molecule has 13 heteroatoms. The van der Waals surface area contributed by atoms with Crippen LogP contribution in [0.15, 0.2) is 11.1 Å². The number of nitrogens with zero attached hydrogens (tertiary/aromatic N) is 4. The van der Waals surface area contributed by atoms with Crippen molar-refractivity contribution < 1.29 is 27.5 Å². The molecule has 2 heterocycles. The molecule has 0 spiro atoms. The quantitative estimate of drug-likeness (QED) is 0.669. The molecule has 0 aromatic carbocycles. The molecule has 0 saturated carbocycles. The second-order valence-corrected chi connectivity index (χ2v) is 6.91. The summed E-state index contributed by atoms with van der Waals surface area (Å²) in [5.74, 6) is -0.863. The molecule has 2 N–H and O–H groups in total. The van der Waals surface area contributed by atoms with Crippen LogP contribution in [0.25, 0.3) is 0 Å². The van der Waals surface area contributed by atoms with Crippen LogP contribution >= 0.6 is 0 Å². The molecular formula is C14H18N6O6S. The summed E-state index contributed by atoms with van der Waals surface area (Å²) in [7, 11) is -0.641. The van der Waals surface area contributed by atoms with Gasteiger partial charge in [0.2, 0.25) is 11.8 Å². The fourth-order valence-electron chi connectivity index (χ4n) is 2.28. The Bertz CT molecular complexity index is 1000. The number of anilines is 1. The first-order chi connectivity index (χ1) is 12.6. The van der Waals surface area contributed by atoms with Crippen LogP contribution in [0.5, 0.6) is 5.88 Å². The topological polar surface area (TPSA) is 154 Å². The summed E-state index contributed by atoms with van der Waals surface area (Å²) in [6.45, 7) is 3.09. The summed E-state index contributed by atoms with van der Waals surface area (Å²) < 4.78 is 37.5. The average Bonchev–Trinajstić information content (AvgIpc) is 2.87. The van der Waals surface area contributed by atoms with E-state index in [0.29, 0.717) is 5.69 Å². The molecule has 2 amide bonds. The summed E-state index contributed by atoms with van der Waals surface area (Å²) >= 11 is 0. The first kappa shape index (κ1) is 20.1. The van der Waals surface area contributed by atoms with Crippen molar-refractivity contribution in [1.29, 1.82) is 0 Å². The maximum Gasteiger partial charge on any atom is 0.342 e. The van der Waals surface area contributed by atoms with Crippen LogP contribution in [-0.4, -0.2) is 54.4 Å². The van der Waals surface area contributed by atoms with Crippen LogP contribution in [-0.2, 0) is 21.8 Å². The third-order valence-electron chi connectivity index (χ3n) is 3.31. The number of amides is 2.